The van der Waals surface area contributed by atoms with Gasteiger partial charge < -0.3 is 15.5 Å². The second-order valence-corrected chi connectivity index (χ2v) is 3.98. The fourth-order valence-corrected chi connectivity index (χ4v) is 2.00. The van der Waals surface area contributed by atoms with Gasteiger partial charge in [0.05, 0.1) is 11.6 Å². The van der Waals surface area contributed by atoms with Crippen LogP contribution in [0.5, 0.6) is 5.75 Å². The molecule has 1 aliphatic heterocycles. The van der Waals surface area contributed by atoms with Crippen molar-refractivity contribution in [2.45, 2.75) is 25.0 Å². The van der Waals surface area contributed by atoms with E-state index in [-0.39, 0.29) is 24.3 Å². The number of aromatic hydroxyl groups is 1. The van der Waals surface area contributed by atoms with Gasteiger partial charge in [0.2, 0.25) is 0 Å². The van der Waals surface area contributed by atoms with E-state index in [9.17, 15) is 10.2 Å². The predicted molar refractivity (Wildman–Crippen MR) is 61.3 cm³/mol. The van der Waals surface area contributed by atoms with Gasteiger partial charge in [-0.3, -0.25) is 0 Å². The third-order valence-corrected chi connectivity index (χ3v) is 3.02. The molecule has 1 aliphatic rings. The summed E-state index contributed by atoms with van der Waals surface area (Å²) in [7, 11) is 0. The van der Waals surface area contributed by atoms with Gasteiger partial charge in [-0.15, -0.1) is 12.4 Å². The summed E-state index contributed by atoms with van der Waals surface area (Å²) in [5.74, 6) is 0.240. The molecule has 0 amide bonds. The molecule has 2 atom stereocenters. The number of nitrogens with one attached hydrogen (secondary N) is 1. The van der Waals surface area contributed by atoms with Gasteiger partial charge >= 0.3 is 0 Å². The van der Waals surface area contributed by atoms with Crippen molar-refractivity contribution in [2.24, 2.45) is 0 Å². The first-order chi connectivity index (χ1) is 6.63. The summed E-state index contributed by atoms with van der Waals surface area (Å²) < 4.78 is 0. The second kappa shape index (κ2) is 4.39. The third-order valence-electron chi connectivity index (χ3n) is 3.02. The smallest absolute Gasteiger partial charge is 0.115 e. The van der Waals surface area contributed by atoms with Crippen LogP contribution < -0.4 is 5.32 Å². The van der Waals surface area contributed by atoms with Crippen LogP contribution in [0, 0.1) is 0 Å². The number of hydrogen-bond acceptors (Lipinski definition) is 3. The minimum atomic E-state index is -0.418. The number of phenols is 1. The lowest BCUT2D eigenvalue weighted by Gasteiger charge is -2.29. The van der Waals surface area contributed by atoms with Crippen LogP contribution in [0.4, 0.5) is 0 Å². The van der Waals surface area contributed by atoms with E-state index in [4.69, 9.17) is 0 Å². The molecule has 2 rings (SSSR count). The lowest BCUT2D eigenvalue weighted by molar-refractivity contribution is 0.107. The molecular weight excluding hydrogens is 214 g/mol. The largest absolute Gasteiger partial charge is 0.508 e. The molecule has 1 saturated heterocycles. The third kappa shape index (κ3) is 2.09. The molecule has 1 fully saturated rings. The van der Waals surface area contributed by atoms with E-state index in [0.29, 0.717) is 0 Å². The van der Waals surface area contributed by atoms with Crippen molar-refractivity contribution >= 4 is 12.4 Å². The molecule has 15 heavy (non-hydrogen) atoms. The maximum absolute atomic E-state index is 9.85. The molecule has 0 bridgehead atoms. The van der Waals surface area contributed by atoms with Crippen LogP contribution in [0.1, 0.15) is 18.9 Å². The van der Waals surface area contributed by atoms with Gasteiger partial charge in [-0.2, -0.15) is 0 Å². The average molecular weight is 230 g/mol. The Balaban J connectivity index is 0.00000112. The second-order valence-electron chi connectivity index (χ2n) is 3.98. The van der Waals surface area contributed by atoms with Crippen molar-refractivity contribution in [1.82, 2.24) is 5.32 Å². The lowest BCUT2D eigenvalue weighted by atomic mass is 9.88. The summed E-state index contributed by atoms with van der Waals surface area (Å²) in [5.41, 5.74) is 0.515. The molecule has 84 valence electrons. The van der Waals surface area contributed by atoms with Crippen LogP contribution in [0.15, 0.2) is 24.3 Å². The number of aliphatic hydroxyl groups is 1. The van der Waals surface area contributed by atoms with Gasteiger partial charge in [0.15, 0.2) is 0 Å². The zero-order chi connectivity index (χ0) is 10.2. The fraction of sp³-hybridized carbons (Fsp3) is 0.455. The van der Waals surface area contributed by atoms with Crippen molar-refractivity contribution in [3.8, 4) is 5.75 Å². The van der Waals surface area contributed by atoms with Gasteiger partial charge in [0, 0.05) is 0 Å². The normalized spacial score (nSPS) is 29.9. The Morgan fingerprint density at radius 3 is 2.73 bits per heavy atom. The lowest BCUT2D eigenvalue weighted by Crippen LogP contribution is -2.41. The van der Waals surface area contributed by atoms with Crippen molar-refractivity contribution in [2.75, 3.05) is 6.54 Å². The van der Waals surface area contributed by atoms with E-state index in [1.165, 1.54) is 0 Å². The highest BCUT2D eigenvalue weighted by atomic mass is 35.5. The van der Waals surface area contributed by atoms with Crippen LogP contribution in [-0.2, 0) is 5.54 Å². The van der Waals surface area contributed by atoms with E-state index >= 15 is 0 Å². The minimum absolute atomic E-state index is 0. The highest BCUT2D eigenvalue weighted by Gasteiger charge is 2.38. The first-order valence-electron chi connectivity index (χ1n) is 4.85. The number of aliphatic hydroxyl groups excluding tert-OH is 1. The van der Waals surface area contributed by atoms with Crippen LogP contribution in [0.3, 0.4) is 0 Å². The molecular formula is C11H16ClNO2. The van der Waals surface area contributed by atoms with Gasteiger partial charge in [0.1, 0.15) is 5.75 Å². The maximum atomic E-state index is 9.85. The van der Waals surface area contributed by atoms with Crippen LogP contribution >= 0.6 is 12.4 Å². The van der Waals surface area contributed by atoms with Crippen molar-refractivity contribution in [3.63, 3.8) is 0 Å². The van der Waals surface area contributed by atoms with Crippen LogP contribution in [0.2, 0.25) is 0 Å². The molecule has 3 nitrogen and oxygen atoms in total. The summed E-state index contributed by atoms with van der Waals surface area (Å²) in [4.78, 5) is 0. The highest BCUT2D eigenvalue weighted by Crippen LogP contribution is 2.32. The van der Waals surface area contributed by atoms with Crippen molar-refractivity contribution < 1.29 is 10.2 Å². The van der Waals surface area contributed by atoms with E-state index in [0.717, 1.165) is 18.5 Å². The number of benzene rings is 1. The first kappa shape index (κ1) is 12.3. The zero-order valence-electron chi connectivity index (χ0n) is 8.60. The number of rotatable bonds is 1. The summed E-state index contributed by atoms with van der Waals surface area (Å²) >= 11 is 0. The van der Waals surface area contributed by atoms with Gasteiger partial charge in [0.25, 0.3) is 0 Å². The molecule has 0 aliphatic carbocycles. The van der Waals surface area contributed by atoms with E-state index < -0.39 is 5.54 Å². The molecule has 1 heterocycles. The van der Waals surface area contributed by atoms with Gasteiger partial charge in [-0.1, -0.05) is 12.1 Å². The average Bonchev–Trinajstić information content (AvgIpc) is 2.49. The highest BCUT2D eigenvalue weighted by molar-refractivity contribution is 5.85. The SMILES string of the molecule is CC1(c2cccc(O)c2)NCCC1O.Cl. The fourth-order valence-electron chi connectivity index (χ4n) is 2.00. The van der Waals surface area contributed by atoms with Crippen molar-refractivity contribution in [1.29, 1.82) is 0 Å². The van der Waals surface area contributed by atoms with E-state index in [1.54, 1.807) is 18.2 Å². The Morgan fingerprint density at radius 1 is 1.47 bits per heavy atom. The standard InChI is InChI=1S/C11H15NO2.ClH/c1-11(10(14)5-6-12-11)8-3-2-4-9(13)7-8;/h2-4,7,10,12-14H,5-6H2,1H3;1H. The molecule has 0 radical (unpaired) electrons. The molecule has 2 unspecified atom stereocenters. The monoisotopic (exact) mass is 229 g/mol. The van der Waals surface area contributed by atoms with Gasteiger partial charge in [-0.05, 0) is 37.6 Å². The summed E-state index contributed by atoms with van der Waals surface area (Å²) in [6, 6.07) is 7.04. The number of halogens is 1. The Morgan fingerprint density at radius 2 is 2.20 bits per heavy atom. The molecule has 4 heteroatoms. The quantitative estimate of drug-likeness (QED) is 0.682. The van der Waals surface area contributed by atoms with Crippen LogP contribution in [-0.4, -0.2) is 22.9 Å². The first-order valence-corrected chi connectivity index (χ1v) is 4.85. The number of phenolic OH excluding ortho intramolecular Hbond substituents is 1. The Bertz CT molecular complexity index is 345. The Labute approximate surface area is 95.5 Å². The molecule has 0 saturated carbocycles. The molecule has 1 aromatic carbocycles. The molecule has 0 aromatic heterocycles. The summed E-state index contributed by atoms with van der Waals surface area (Å²) in [5, 5.41) is 22.5. The maximum Gasteiger partial charge on any atom is 0.115 e. The van der Waals surface area contributed by atoms with E-state index in [1.807, 2.05) is 13.0 Å². The zero-order valence-corrected chi connectivity index (χ0v) is 9.42. The van der Waals surface area contributed by atoms with Crippen molar-refractivity contribution in [3.05, 3.63) is 29.8 Å². The molecule has 0 spiro atoms. The molecule has 1 aromatic rings. The van der Waals surface area contributed by atoms with E-state index in [2.05, 4.69) is 5.32 Å². The predicted octanol–water partition coefficient (Wildman–Crippen LogP) is 1.38. The number of hydrogen-bond donors (Lipinski definition) is 3. The van der Waals surface area contributed by atoms with Gasteiger partial charge in [-0.25, -0.2) is 0 Å². The summed E-state index contributed by atoms with van der Waals surface area (Å²) in [6.07, 6.45) is 0.371. The Kier molecular flexibility index (Phi) is 3.60. The topological polar surface area (TPSA) is 52.5 Å². The van der Waals surface area contributed by atoms with Crippen LogP contribution in [0.25, 0.3) is 0 Å². The summed E-state index contributed by atoms with van der Waals surface area (Å²) in [6.45, 7) is 2.77. The molecule has 3 N–H and O–H groups in total. The minimum Gasteiger partial charge on any atom is -0.508 e. The Hall–Kier alpha value is -0.770.